The van der Waals surface area contributed by atoms with Crippen LogP contribution in [0.5, 0.6) is 5.75 Å². The van der Waals surface area contributed by atoms with Gasteiger partial charge in [-0.2, -0.15) is 0 Å². The number of hydrogen-bond donors (Lipinski definition) is 0. The highest BCUT2D eigenvalue weighted by Gasteiger charge is 2.32. The van der Waals surface area contributed by atoms with Crippen LogP contribution in [0, 0.1) is 0 Å². The summed E-state index contributed by atoms with van der Waals surface area (Å²) in [7, 11) is 0. The number of carbonyl (C=O) groups excluding carboxylic acids is 1. The molecule has 0 spiro atoms. The largest absolute Gasteiger partial charge is 0.492 e. The molecule has 3 heteroatoms. The number of nitrogens with zero attached hydrogens (tertiary/aromatic N) is 1. The van der Waals surface area contributed by atoms with Crippen LogP contribution in [-0.4, -0.2) is 17.4 Å². The fourth-order valence-electron chi connectivity index (χ4n) is 2.49. The summed E-state index contributed by atoms with van der Waals surface area (Å²) in [5.74, 6) is 0.767. The first kappa shape index (κ1) is 11.9. The van der Waals surface area contributed by atoms with E-state index in [-0.39, 0.29) is 11.7 Å². The van der Waals surface area contributed by atoms with E-state index in [0.717, 1.165) is 12.0 Å². The first-order valence-corrected chi connectivity index (χ1v) is 6.49. The predicted molar refractivity (Wildman–Crippen MR) is 72.6 cm³/mol. The molecule has 1 unspecified atom stereocenters. The minimum atomic E-state index is -0.0186. The first-order chi connectivity index (χ1) is 9.29. The summed E-state index contributed by atoms with van der Waals surface area (Å²) < 4.78 is 5.38. The van der Waals surface area contributed by atoms with Gasteiger partial charge >= 0.3 is 0 Å². The van der Waals surface area contributed by atoms with Crippen LogP contribution in [0.1, 0.15) is 34.3 Å². The summed E-state index contributed by atoms with van der Waals surface area (Å²) in [6.07, 6.45) is 4.08. The molecule has 3 rings (SSSR count). The summed E-state index contributed by atoms with van der Waals surface area (Å²) in [5, 5.41) is 0. The lowest BCUT2D eigenvalue weighted by Gasteiger charge is -2.28. The van der Waals surface area contributed by atoms with Gasteiger partial charge in [-0.25, -0.2) is 0 Å². The van der Waals surface area contributed by atoms with Crippen molar-refractivity contribution in [3.05, 3.63) is 59.4 Å². The van der Waals surface area contributed by atoms with Gasteiger partial charge in [-0.05, 0) is 30.5 Å². The standard InChI is InChI=1S/C16H15NO2/c1-2-19-13-7-12(9-17-10-13)16(18)15-8-11-5-3-4-6-14(11)15/h3-7,9-10,15H,2,8H2,1H3. The molecule has 19 heavy (non-hydrogen) atoms. The highest BCUT2D eigenvalue weighted by Crippen LogP contribution is 2.37. The number of rotatable bonds is 4. The third-order valence-electron chi connectivity index (χ3n) is 3.48. The average Bonchev–Trinajstić information content (AvgIpc) is 2.41. The quantitative estimate of drug-likeness (QED) is 0.786. The fraction of sp³-hybridized carbons (Fsp3) is 0.250. The van der Waals surface area contributed by atoms with Gasteiger partial charge in [-0.1, -0.05) is 24.3 Å². The van der Waals surface area contributed by atoms with Crippen molar-refractivity contribution in [3.63, 3.8) is 0 Å². The van der Waals surface area contributed by atoms with Crippen molar-refractivity contribution in [2.75, 3.05) is 6.61 Å². The van der Waals surface area contributed by atoms with E-state index >= 15 is 0 Å². The van der Waals surface area contributed by atoms with Gasteiger partial charge in [0.25, 0.3) is 0 Å². The molecule has 0 saturated carbocycles. The molecule has 1 aliphatic carbocycles. The molecule has 1 heterocycles. The summed E-state index contributed by atoms with van der Waals surface area (Å²) in [6, 6.07) is 9.87. The Morgan fingerprint density at radius 3 is 3.00 bits per heavy atom. The van der Waals surface area contributed by atoms with Gasteiger partial charge in [-0.15, -0.1) is 0 Å². The van der Waals surface area contributed by atoms with Gasteiger partial charge in [0.2, 0.25) is 0 Å². The predicted octanol–water partition coefficient (Wildman–Crippen LogP) is 3.00. The molecule has 0 saturated heterocycles. The second-order valence-electron chi connectivity index (χ2n) is 4.66. The maximum Gasteiger partial charge on any atom is 0.172 e. The van der Waals surface area contributed by atoms with Crippen LogP contribution in [0.3, 0.4) is 0 Å². The third kappa shape index (κ3) is 2.12. The number of ketones is 1. The van der Waals surface area contributed by atoms with E-state index in [1.807, 2.05) is 25.1 Å². The maximum absolute atomic E-state index is 12.5. The normalized spacial score (nSPS) is 16.4. The summed E-state index contributed by atoms with van der Waals surface area (Å²) >= 11 is 0. The van der Waals surface area contributed by atoms with Gasteiger partial charge < -0.3 is 4.74 Å². The van der Waals surface area contributed by atoms with E-state index in [1.165, 1.54) is 5.56 Å². The molecular weight excluding hydrogens is 238 g/mol. The highest BCUT2D eigenvalue weighted by atomic mass is 16.5. The van der Waals surface area contributed by atoms with Crippen molar-refractivity contribution in [1.82, 2.24) is 4.98 Å². The number of aromatic nitrogens is 1. The minimum absolute atomic E-state index is 0.0186. The molecule has 0 N–H and O–H groups in total. The smallest absolute Gasteiger partial charge is 0.172 e. The first-order valence-electron chi connectivity index (χ1n) is 6.49. The Hall–Kier alpha value is -2.16. The second kappa shape index (κ2) is 4.84. The van der Waals surface area contributed by atoms with Gasteiger partial charge in [0.1, 0.15) is 5.75 Å². The summed E-state index contributed by atoms with van der Waals surface area (Å²) in [4.78, 5) is 16.5. The molecule has 0 aliphatic heterocycles. The molecule has 0 radical (unpaired) electrons. The number of fused-ring (bicyclic) bond motifs is 1. The molecule has 1 aromatic carbocycles. The van der Waals surface area contributed by atoms with Crippen molar-refractivity contribution < 1.29 is 9.53 Å². The lowest BCUT2D eigenvalue weighted by atomic mass is 9.74. The van der Waals surface area contributed by atoms with Gasteiger partial charge in [0.05, 0.1) is 18.7 Å². The van der Waals surface area contributed by atoms with Crippen LogP contribution in [0.2, 0.25) is 0 Å². The maximum atomic E-state index is 12.5. The lowest BCUT2D eigenvalue weighted by Crippen LogP contribution is -2.25. The van der Waals surface area contributed by atoms with E-state index in [4.69, 9.17) is 4.74 Å². The number of benzene rings is 1. The van der Waals surface area contributed by atoms with Crippen molar-refractivity contribution >= 4 is 5.78 Å². The average molecular weight is 253 g/mol. The summed E-state index contributed by atoms with van der Waals surface area (Å²) in [6.45, 7) is 2.49. The lowest BCUT2D eigenvalue weighted by molar-refractivity contribution is 0.0948. The van der Waals surface area contributed by atoms with Crippen molar-refractivity contribution in [2.24, 2.45) is 0 Å². The summed E-state index contributed by atoms with van der Waals surface area (Å²) in [5.41, 5.74) is 3.05. The Bertz CT molecular complexity index is 622. The zero-order valence-corrected chi connectivity index (χ0v) is 10.8. The van der Waals surface area contributed by atoms with Crippen LogP contribution in [0.25, 0.3) is 0 Å². The highest BCUT2D eigenvalue weighted by molar-refractivity contribution is 6.02. The van der Waals surface area contributed by atoms with Crippen LogP contribution >= 0.6 is 0 Å². The van der Waals surface area contributed by atoms with E-state index < -0.39 is 0 Å². The molecule has 96 valence electrons. The van der Waals surface area contributed by atoms with Crippen LogP contribution < -0.4 is 4.74 Å². The van der Waals surface area contributed by atoms with Crippen molar-refractivity contribution in [2.45, 2.75) is 19.3 Å². The Kier molecular flexibility index (Phi) is 3.03. The van der Waals surface area contributed by atoms with Crippen LogP contribution in [0.15, 0.2) is 42.7 Å². The number of pyridine rings is 1. The third-order valence-corrected chi connectivity index (χ3v) is 3.48. The molecule has 1 aliphatic rings. The zero-order chi connectivity index (χ0) is 13.2. The fourth-order valence-corrected chi connectivity index (χ4v) is 2.49. The monoisotopic (exact) mass is 253 g/mol. The Labute approximate surface area is 112 Å². The number of carbonyl (C=O) groups is 1. The SMILES string of the molecule is CCOc1cncc(C(=O)C2Cc3ccccc32)c1. The van der Waals surface area contributed by atoms with Crippen LogP contribution in [-0.2, 0) is 6.42 Å². The van der Waals surface area contributed by atoms with Crippen molar-refractivity contribution in [3.8, 4) is 5.75 Å². The Morgan fingerprint density at radius 1 is 1.37 bits per heavy atom. The molecular formula is C16H15NO2. The van der Waals surface area contributed by atoms with E-state index in [0.29, 0.717) is 17.9 Å². The van der Waals surface area contributed by atoms with E-state index in [2.05, 4.69) is 11.1 Å². The van der Waals surface area contributed by atoms with Gasteiger partial charge in [-0.3, -0.25) is 9.78 Å². The molecule has 1 aromatic heterocycles. The second-order valence-corrected chi connectivity index (χ2v) is 4.66. The Balaban J connectivity index is 1.84. The van der Waals surface area contributed by atoms with Gasteiger partial charge in [0.15, 0.2) is 5.78 Å². The zero-order valence-electron chi connectivity index (χ0n) is 10.8. The molecule has 0 bridgehead atoms. The molecule has 0 fully saturated rings. The molecule has 1 atom stereocenters. The van der Waals surface area contributed by atoms with E-state index in [1.54, 1.807) is 18.5 Å². The van der Waals surface area contributed by atoms with Crippen LogP contribution in [0.4, 0.5) is 0 Å². The minimum Gasteiger partial charge on any atom is -0.492 e. The number of ether oxygens (including phenoxy) is 1. The topological polar surface area (TPSA) is 39.2 Å². The van der Waals surface area contributed by atoms with E-state index in [9.17, 15) is 4.79 Å². The molecule has 3 nitrogen and oxygen atoms in total. The number of Topliss-reactive ketones (excluding diaryl/α,β-unsaturated/α-hetero) is 1. The van der Waals surface area contributed by atoms with Gasteiger partial charge in [0, 0.05) is 11.8 Å². The molecule has 0 amide bonds. The van der Waals surface area contributed by atoms with Crippen molar-refractivity contribution in [1.29, 1.82) is 0 Å². The Morgan fingerprint density at radius 2 is 2.21 bits per heavy atom. The number of hydrogen-bond acceptors (Lipinski definition) is 3. The molecule has 2 aromatic rings.